The molecular formula is C13H11F. The summed E-state index contributed by atoms with van der Waals surface area (Å²) in [6.07, 6.45) is 0. The topological polar surface area (TPSA) is 0 Å². The molecule has 0 amide bonds. The van der Waals surface area contributed by atoms with Crippen molar-refractivity contribution >= 4 is 0 Å². The van der Waals surface area contributed by atoms with Crippen molar-refractivity contribution in [1.29, 1.82) is 0 Å². The van der Waals surface area contributed by atoms with E-state index in [0.29, 0.717) is 0 Å². The molecule has 0 fully saturated rings. The van der Waals surface area contributed by atoms with E-state index in [1.807, 2.05) is 54.6 Å². The lowest BCUT2D eigenvalue weighted by atomic mass is 10.0. The first-order chi connectivity index (χ1) is 6.90. The lowest BCUT2D eigenvalue weighted by Crippen LogP contribution is -1.79. The second-order valence-electron chi connectivity index (χ2n) is 3.20. The quantitative estimate of drug-likeness (QED) is 0.667. The molecule has 0 aromatic heterocycles. The molecular weight excluding hydrogens is 174 g/mol. The van der Waals surface area contributed by atoms with Gasteiger partial charge >= 0.3 is 0 Å². The molecule has 0 unspecified atom stereocenters. The maximum atomic E-state index is 12.3. The predicted molar refractivity (Wildman–Crippen MR) is 56.7 cm³/mol. The van der Waals surface area contributed by atoms with E-state index in [0.717, 1.165) is 16.7 Å². The first-order valence-corrected chi connectivity index (χ1v) is 4.60. The van der Waals surface area contributed by atoms with Crippen molar-refractivity contribution < 1.29 is 4.39 Å². The summed E-state index contributed by atoms with van der Waals surface area (Å²) in [6, 6.07) is 17.6. The molecule has 0 bridgehead atoms. The molecule has 70 valence electrons. The highest BCUT2D eigenvalue weighted by Crippen LogP contribution is 2.19. The molecule has 0 aliphatic rings. The third-order valence-electron chi connectivity index (χ3n) is 2.22. The summed E-state index contributed by atoms with van der Waals surface area (Å²) in [7, 11) is 0. The maximum absolute atomic E-state index is 12.3. The van der Waals surface area contributed by atoms with E-state index < -0.39 is 6.67 Å². The molecule has 0 radical (unpaired) electrons. The molecule has 2 aromatic rings. The molecule has 0 aliphatic carbocycles. The van der Waals surface area contributed by atoms with Crippen LogP contribution in [0.25, 0.3) is 11.1 Å². The van der Waals surface area contributed by atoms with Gasteiger partial charge in [-0.25, -0.2) is 4.39 Å². The minimum absolute atomic E-state index is 0.394. The lowest BCUT2D eigenvalue weighted by molar-refractivity contribution is 0.485. The molecule has 0 N–H and O–H groups in total. The van der Waals surface area contributed by atoms with Crippen LogP contribution in [0.4, 0.5) is 4.39 Å². The Hall–Kier alpha value is -1.63. The number of hydrogen-bond acceptors (Lipinski definition) is 0. The van der Waals surface area contributed by atoms with Crippen molar-refractivity contribution in [3.05, 3.63) is 60.2 Å². The average Bonchev–Trinajstić information content (AvgIpc) is 2.30. The van der Waals surface area contributed by atoms with Crippen LogP contribution in [0.1, 0.15) is 5.56 Å². The Morgan fingerprint density at radius 2 is 1.29 bits per heavy atom. The standard InChI is InChI=1S/C13H11F/c14-10-11-6-8-13(9-7-11)12-4-2-1-3-5-12/h1-9H,10H2/i14-1. The Morgan fingerprint density at radius 3 is 1.86 bits per heavy atom. The van der Waals surface area contributed by atoms with E-state index in [4.69, 9.17) is 0 Å². The highest BCUT2D eigenvalue weighted by atomic mass is 18.2. The van der Waals surface area contributed by atoms with E-state index in [9.17, 15) is 4.39 Å². The van der Waals surface area contributed by atoms with Gasteiger partial charge in [0.1, 0.15) is 6.67 Å². The van der Waals surface area contributed by atoms with Gasteiger partial charge in [0.2, 0.25) is 0 Å². The molecule has 0 spiro atoms. The Labute approximate surface area is 83.0 Å². The van der Waals surface area contributed by atoms with Gasteiger partial charge in [-0.1, -0.05) is 54.6 Å². The Balaban J connectivity index is 2.34. The van der Waals surface area contributed by atoms with E-state index in [2.05, 4.69) is 0 Å². The first kappa shape index (κ1) is 8.95. The lowest BCUT2D eigenvalue weighted by Gasteiger charge is -2.01. The zero-order chi connectivity index (χ0) is 9.80. The second kappa shape index (κ2) is 4.05. The second-order valence-corrected chi connectivity index (χ2v) is 3.20. The summed E-state index contributed by atoms with van der Waals surface area (Å²) in [5, 5.41) is 0. The predicted octanol–water partition coefficient (Wildman–Crippen LogP) is 3.82. The van der Waals surface area contributed by atoms with E-state index >= 15 is 0 Å². The van der Waals surface area contributed by atoms with Gasteiger partial charge in [0, 0.05) is 0 Å². The minimum Gasteiger partial charge on any atom is -0.246 e. The fourth-order valence-electron chi connectivity index (χ4n) is 1.42. The average molecular weight is 185 g/mol. The van der Waals surface area contributed by atoms with Crippen molar-refractivity contribution in [2.75, 3.05) is 0 Å². The van der Waals surface area contributed by atoms with Crippen molar-refractivity contribution in [3.8, 4) is 11.1 Å². The van der Waals surface area contributed by atoms with E-state index in [-0.39, 0.29) is 0 Å². The molecule has 0 aliphatic heterocycles. The van der Waals surface area contributed by atoms with Crippen LogP contribution in [-0.4, -0.2) is 0 Å². The van der Waals surface area contributed by atoms with Gasteiger partial charge in [-0.2, -0.15) is 0 Å². The van der Waals surface area contributed by atoms with Crippen LogP contribution >= 0.6 is 0 Å². The van der Waals surface area contributed by atoms with Crippen LogP contribution in [0.2, 0.25) is 0 Å². The number of benzene rings is 2. The third kappa shape index (κ3) is 1.82. The fraction of sp³-hybridized carbons (Fsp3) is 0.0769. The highest BCUT2D eigenvalue weighted by molar-refractivity contribution is 5.63. The molecule has 0 saturated heterocycles. The zero-order valence-electron chi connectivity index (χ0n) is 7.78. The third-order valence-corrected chi connectivity index (χ3v) is 2.22. The monoisotopic (exact) mass is 185 g/mol. The van der Waals surface area contributed by atoms with Crippen LogP contribution in [0.15, 0.2) is 54.6 Å². The smallest absolute Gasteiger partial charge is 0.115 e. The molecule has 0 heterocycles. The Kier molecular flexibility index (Phi) is 2.59. The normalized spacial score (nSPS) is 10.1. The fourth-order valence-corrected chi connectivity index (χ4v) is 1.42. The highest BCUT2D eigenvalue weighted by Gasteiger charge is 1.96. The van der Waals surface area contributed by atoms with Crippen LogP contribution in [0, 0.1) is 0 Å². The van der Waals surface area contributed by atoms with Gasteiger partial charge in [0.25, 0.3) is 0 Å². The van der Waals surface area contributed by atoms with Crippen molar-refractivity contribution in [2.24, 2.45) is 0 Å². The number of halogens is 1. The van der Waals surface area contributed by atoms with Crippen molar-refractivity contribution in [3.63, 3.8) is 0 Å². The van der Waals surface area contributed by atoms with Gasteiger partial charge in [-0.3, -0.25) is 0 Å². The Morgan fingerprint density at radius 1 is 0.714 bits per heavy atom. The van der Waals surface area contributed by atoms with Crippen LogP contribution in [-0.2, 0) is 6.67 Å². The molecule has 2 aromatic carbocycles. The first-order valence-electron chi connectivity index (χ1n) is 4.60. The maximum Gasteiger partial charge on any atom is 0.115 e. The summed E-state index contributed by atoms with van der Waals surface area (Å²) in [4.78, 5) is 0. The van der Waals surface area contributed by atoms with Gasteiger partial charge in [0.15, 0.2) is 0 Å². The van der Waals surface area contributed by atoms with Crippen LogP contribution in [0.3, 0.4) is 0 Å². The SMILES string of the molecule is [18F]Cc1ccc(-c2ccccc2)cc1. The molecule has 0 atom stereocenters. The summed E-state index contributed by atoms with van der Waals surface area (Å²) < 4.78 is 12.3. The largest absolute Gasteiger partial charge is 0.246 e. The Bertz CT molecular complexity index is 389. The van der Waals surface area contributed by atoms with Gasteiger partial charge in [-0.15, -0.1) is 0 Å². The summed E-state index contributed by atoms with van der Waals surface area (Å²) >= 11 is 0. The van der Waals surface area contributed by atoms with Gasteiger partial charge in [-0.05, 0) is 16.7 Å². The van der Waals surface area contributed by atoms with Crippen molar-refractivity contribution in [1.82, 2.24) is 0 Å². The number of hydrogen-bond donors (Lipinski definition) is 0. The van der Waals surface area contributed by atoms with E-state index in [1.54, 1.807) is 0 Å². The minimum atomic E-state index is -0.394. The van der Waals surface area contributed by atoms with Crippen LogP contribution in [0.5, 0.6) is 0 Å². The summed E-state index contributed by atoms with van der Waals surface area (Å²) in [6.45, 7) is -0.394. The van der Waals surface area contributed by atoms with E-state index in [1.165, 1.54) is 0 Å². The molecule has 0 nitrogen and oxygen atoms in total. The van der Waals surface area contributed by atoms with Crippen molar-refractivity contribution in [2.45, 2.75) is 6.67 Å². The molecule has 0 saturated carbocycles. The van der Waals surface area contributed by atoms with Gasteiger partial charge < -0.3 is 0 Å². The molecule has 2 rings (SSSR count). The number of alkyl halides is 1. The summed E-state index contributed by atoms with van der Waals surface area (Å²) in [5.41, 5.74) is 3.02. The van der Waals surface area contributed by atoms with Gasteiger partial charge in [0.05, 0.1) is 0 Å². The molecule has 1 heteroatoms. The molecule has 14 heavy (non-hydrogen) atoms. The zero-order valence-corrected chi connectivity index (χ0v) is 7.78. The number of rotatable bonds is 2. The van der Waals surface area contributed by atoms with Crippen LogP contribution < -0.4 is 0 Å². The summed E-state index contributed by atoms with van der Waals surface area (Å²) in [5.74, 6) is 0.